The maximum absolute atomic E-state index is 11.9. The second-order valence-corrected chi connectivity index (χ2v) is 4.43. The summed E-state index contributed by atoms with van der Waals surface area (Å²) in [5, 5.41) is 18.9. The highest BCUT2D eigenvalue weighted by atomic mass is 16.3. The predicted molar refractivity (Wildman–Crippen MR) is 75.9 cm³/mol. The number of benzene rings is 2. The van der Waals surface area contributed by atoms with Crippen LogP contribution in [0, 0.1) is 6.92 Å². The van der Waals surface area contributed by atoms with Gasteiger partial charge in [-0.05, 0) is 42.8 Å². The van der Waals surface area contributed by atoms with Gasteiger partial charge in [0, 0.05) is 5.56 Å². The van der Waals surface area contributed by atoms with Crippen LogP contribution in [0.15, 0.2) is 42.5 Å². The zero-order chi connectivity index (χ0) is 15.4. The molecule has 0 radical (unpaired) electrons. The van der Waals surface area contributed by atoms with Crippen LogP contribution in [-0.2, 0) is 0 Å². The van der Waals surface area contributed by atoms with Crippen molar-refractivity contribution in [2.75, 3.05) is 0 Å². The molecule has 0 saturated carbocycles. The minimum Gasteiger partial charge on any atom is -0.508 e. The summed E-state index contributed by atoms with van der Waals surface area (Å²) in [7, 11) is 0. The van der Waals surface area contributed by atoms with Crippen molar-refractivity contribution < 1.29 is 19.8 Å². The molecule has 0 atom stereocenters. The Labute approximate surface area is 121 Å². The van der Waals surface area contributed by atoms with Crippen LogP contribution in [0.1, 0.15) is 26.3 Å². The Bertz CT molecular complexity index is 681. The molecule has 2 rings (SSSR count). The normalized spacial score (nSPS) is 9.95. The minimum absolute atomic E-state index is 0.0419. The Morgan fingerprint density at radius 3 is 2.19 bits per heavy atom. The number of aryl methyl sites for hydroxylation is 1. The van der Waals surface area contributed by atoms with E-state index in [1.165, 1.54) is 30.3 Å². The lowest BCUT2D eigenvalue weighted by Gasteiger charge is -2.09. The molecule has 0 aliphatic carbocycles. The number of aromatic hydroxyl groups is 2. The first kappa shape index (κ1) is 14.4. The van der Waals surface area contributed by atoms with Crippen LogP contribution in [0.3, 0.4) is 0 Å². The Morgan fingerprint density at radius 1 is 0.905 bits per heavy atom. The van der Waals surface area contributed by atoms with Crippen LogP contribution in [0.25, 0.3) is 0 Å². The van der Waals surface area contributed by atoms with Crippen LogP contribution < -0.4 is 10.9 Å². The molecular weight excluding hydrogens is 272 g/mol. The molecular formula is C15H14N2O4. The molecule has 6 heteroatoms. The number of nitrogens with one attached hydrogen (secondary N) is 2. The number of hydrogen-bond acceptors (Lipinski definition) is 4. The Balaban J connectivity index is 2.02. The highest BCUT2D eigenvalue weighted by Crippen LogP contribution is 2.20. The molecule has 4 N–H and O–H groups in total. The number of amides is 2. The molecule has 0 heterocycles. The second-order valence-electron chi connectivity index (χ2n) is 4.43. The van der Waals surface area contributed by atoms with Crippen LogP contribution in [0.2, 0.25) is 0 Å². The Morgan fingerprint density at radius 2 is 1.52 bits per heavy atom. The summed E-state index contributed by atoms with van der Waals surface area (Å²) < 4.78 is 0. The third kappa shape index (κ3) is 3.30. The van der Waals surface area contributed by atoms with E-state index in [-0.39, 0.29) is 22.6 Å². The van der Waals surface area contributed by atoms with Gasteiger partial charge >= 0.3 is 0 Å². The van der Waals surface area contributed by atoms with Gasteiger partial charge in [0.2, 0.25) is 0 Å². The highest BCUT2D eigenvalue weighted by Gasteiger charge is 2.13. The van der Waals surface area contributed by atoms with Crippen LogP contribution in [0.5, 0.6) is 11.5 Å². The van der Waals surface area contributed by atoms with Gasteiger partial charge in [0.25, 0.3) is 11.8 Å². The highest BCUT2D eigenvalue weighted by molar-refractivity contribution is 6.00. The van der Waals surface area contributed by atoms with E-state index in [1.54, 1.807) is 19.1 Å². The summed E-state index contributed by atoms with van der Waals surface area (Å²) in [5.41, 5.74) is 5.36. The van der Waals surface area contributed by atoms with E-state index in [0.29, 0.717) is 5.56 Å². The summed E-state index contributed by atoms with van der Waals surface area (Å²) in [5.74, 6) is -1.24. The molecule has 0 unspecified atom stereocenters. The number of phenolic OH excluding ortho intramolecular Hbond substituents is 2. The van der Waals surface area contributed by atoms with Gasteiger partial charge in [0.15, 0.2) is 0 Å². The molecule has 6 nitrogen and oxygen atoms in total. The number of phenols is 2. The molecule has 0 saturated heterocycles. The fraction of sp³-hybridized carbons (Fsp3) is 0.0667. The van der Waals surface area contributed by atoms with Gasteiger partial charge in [-0.1, -0.05) is 12.1 Å². The van der Waals surface area contributed by atoms with Gasteiger partial charge in [-0.15, -0.1) is 0 Å². The van der Waals surface area contributed by atoms with Crippen molar-refractivity contribution in [1.29, 1.82) is 0 Å². The number of carbonyl (C=O) groups is 2. The Hall–Kier alpha value is -3.02. The number of hydrazine groups is 1. The lowest BCUT2D eigenvalue weighted by molar-refractivity contribution is 0.0845. The molecule has 21 heavy (non-hydrogen) atoms. The van der Waals surface area contributed by atoms with Crippen molar-refractivity contribution in [2.45, 2.75) is 6.92 Å². The minimum atomic E-state index is -0.622. The van der Waals surface area contributed by atoms with Crippen LogP contribution >= 0.6 is 0 Å². The van der Waals surface area contributed by atoms with Gasteiger partial charge in [-0.25, -0.2) is 0 Å². The van der Waals surface area contributed by atoms with Gasteiger partial charge in [0.1, 0.15) is 11.5 Å². The summed E-state index contributed by atoms with van der Waals surface area (Å²) in [6.45, 7) is 1.67. The quantitative estimate of drug-likeness (QED) is 0.628. The Kier molecular flexibility index (Phi) is 4.08. The molecule has 0 aromatic heterocycles. The smallest absolute Gasteiger partial charge is 0.273 e. The predicted octanol–water partition coefficient (Wildman–Crippen LogP) is 1.48. The molecule has 2 aromatic carbocycles. The lowest BCUT2D eigenvalue weighted by Crippen LogP contribution is -2.41. The van der Waals surface area contributed by atoms with E-state index in [0.717, 1.165) is 0 Å². The van der Waals surface area contributed by atoms with Crippen molar-refractivity contribution in [3.8, 4) is 11.5 Å². The monoisotopic (exact) mass is 286 g/mol. The van der Waals surface area contributed by atoms with Crippen molar-refractivity contribution in [2.24, 2.45) is 0 Å². The molecule has 0 aliphatic heterocycles. The summed E-state index contributed by atoms with van der Waals surface area (Å²) in [6, 6.07) is 10.3. The van der Waals surface area contributed by atoms with Gasteiger partial charge < -0.3 is 10.2 Å². The first-order valence-corrected chi connectivity index (χ1v) is 6.17. The van der Waals surface area contributed by atoms with Crippen LogP contribution in [0.4, 0.5) is 0 Å². The van der Waals surface area contributed by atoms with Gasteiger partial charge in [0.05, 0.1) is 5.56 Å². The van der Waals surface area contributed by atoms with Gasteiger partial charge in [-0.3, -0.25) is 20.4 Å². The molecule has 0 fully saturated rings. The number of rotatable bonds is 2. The molecule has 2 amide bonds. The van der Waals surface area contributed by atoms with Crippen LogP contribution in [-0.4, -0.2) is 22.0 Å². The third-order valence-electron chi connectivity index (χ3n) is 2.90. The third-order valence-corrected chi connectivity index (χ3v) is 2.90. The first-order valence-electron chi connectivity index (χ1n) is 6.17. The van der Waals surface area contributed by atoms with Crippen molar-refractivity contribution in [3.63, 3.8) is 0 Å². The van der Waals surface area contributed by atoms with Gasteiger partial charge in [-0.2, -0.15) is 0 Å². The average molecular weight is 286 g/mol. The fourth-order valence-electron chi connectivity index (χ4n) is 1.71. The second kappa shape index (κ2) is 5.96. The number of carbonyl (C=O) groups excluding carboxylic acids is 2. The van der Waals surface area contributed by atoms with Crippen molar-refractivity contribution >= 4 is 11.8 Å². The topological polar surface area (TPSA) is 98.7 Å². The van der Waals surface area contributed by atoms with Crippen molar-refractivity contribution in [1.82, 2.24) is 10.9 Å². The summed E-state index contributed by atoms with van der Waals surface area (Å²) in [4.78, 5) is 23.7. The molecule has 0 spiro atoms. The maximum atomic E-state index is 11.9. The standard InChI is InChI=1S/C15H14N2O4/c1-9-3-2-4-12(13(9)19)15(21)17-16-14(20)10-5-7-11(18)8-6-10/h2-8,18-19H,1H3,(H,16,20)(H,17,21). The van der Waals surface area contributed by atoms with E-state index in [4.69, 9.17) is 5.11 Å². The molecule has 108 valence electrons. The zero-order valence-corrected chi connectivity index (χ0v) is 11.3. The van der Waals surface area contributed by atoms with E-state index < -0.39 is 11.8 Å². The van der Waals surface area contributed by atoms with E-state index in [2.05, 4.69) is 10.9 Å². The number of hydrogen-bond donors (Lipinski definition) is 4. The molecule has 0 aliphatic rings. The zero-order valence-electron chi connectivity index (χ0n) is 11.3. The van der Waals surface area contributed by atoms with E-state index >= 15 is 0 Å². The maximum Gasteiger partial charge on any atom is 0.273 e. The van der Waals surface area contributed by atoms with E-state index in [9.17, 15) is 14.7 Å². The summed E-state index contributed by atoms with van der Waals surface area (Å²) in [6.07, 6.45) is 0. The summed E-state index contributed by atoms with van der Waals surface area (Å²) >= 11 is 0. The fourth-order valence-corrected chi connectivity index (χ4v) is 1.71. The first-order chi connectivity index (χ1) is 9.99. The number of para-hydroxylation sites is 1. The van der Waals surface area contributed by atoms with Crippen molar-refractivity contribution in [3.05, 3.63) is 59.2 Å². The molecule has 2 aromatic rings. The lowest BCUT2D eigenvalue weighted by atomic mass is 10.1. The van der Waals surface area contributed by atoms with E-state index in [1.807, 2.05) is 0 Å². The SMILES string of the molecule is Cc1cccc(C(=O)NNC(=O)c2ccc(O)cc2)c1O. The average Bonchev–Trinajstić information content (AvgIpc) is 2.48. The largest absolute Gasteiger partial charge is 0.508 e. The molecule has 0 bridgehead atoms.